The average molecular weight is 384 g/mol. The number of ether oxygens (including phenoxy) is 1. The number of hydrogen-bond donors (Lipinski definition) is 2. The van der Waals surface area contributed by atoms with Gasteiger partial charge in [-0.1, -0.05) is 0 Å². The van der Waals surface area contributed by atoms with E-state index in [2.05, 4.69) is 30.5 Å². The molecule has 0 aliphatic carbocycles. The first-order chi connectivity index (χ1) is 13.7. The molecule has 1 saturated heterocycles. The number of aryl methyl sites for hydroxylation is 1. The third kappa shape index (κ3) is 5.55. The van der Waals surface area contributed by atoms with Crippen molar-refractivity contribution < 1.29 is 9.53 Å². The predicted octanol–water partition coefficient (Wildman–Crippen LogP) is 2.41. The van der Waals surface area contributed by atoms with Gasteiger partial charge in [-0.3, -0.25) is 4.79 Å². The molecule has 0 aromatic carbocycles. The van der Waals surface area contributed by atoms with E-state index < -0.39 is 0 Å². The molecule has 2 N–H and O–H groups in total. The molecule has 0 bridgehead atoms. The largest absolute Gasteiger partial charge is 0.478 e. The van der Waals surface area contributed by atoms with Crippen molar-refractivity contribution in [3.05, 3.63) is 35.7 Å². The lowest BCUT2D eigenvalue weighted by molar-refractivity contribution is 0.0954. The third-order valence-electron chi connectivity index (χ3n) is 4.51. The van der Waals surface area contributed by atoms with E-state index in [0.29, 0.717) is 37.1 Å². The van der Waals surface area contributed by atoms with E-state index in [9.17, 15) is 4.79 Å². The summed E-state index contributed by atoms with van der Waals surface area (Å²) in [5.74, 6) is 1.91. The molecule has 0 atom stereocenters. The number of piperidine rings is 1. The summed E-state index contributed by atoms with van der Waals surface area (Å²) >= 11 is 0. The topological polar surface area (TPSA) is 92.3 Å². The van der Waals surface area contributed by atoms with Crippen LogP contribution in [0, 0.1) is 6.92 Å². The van der Waals surface area contributed by atoms with Gasteiger partial charge >= 0.3 is 0 Å². The minimum atomic E-state index is -0.170. The molecular weight excluding hydrogens is 356 g/mol. The minimum Gasteiger partial charge on any atom is -0.478 e. The standard InChI is InChI=1S/C20H28N6O2/c1-3-28-18-8-7-16(14-23-18)19(27)21-9-10-22-20-24-15(2)13-17(25-20)26-11-5-4-6-12-26/h7-8,13-14H,3-6,9-12H2,1-2H3,(H,21,27)(H,22,24,25). The van der Waals surface area contributed by atoms with Crippen LogP contribution in [0.5, 0.6) is 5.88 Å². The van der Waals surface area contributed by atoms with Crippen molar-refractivity contribution in [2.24, 2.45) is 0 Å². The molecule has 8 nitrogen and oxygen atoms in total. The van der Waals surface area contributed by atoms with Crippen molar-refractivity contribution in [3.63, 3.8) is 0 Å². The van der Waals surface area contributed by atoms with E-state index in [1.54, 1.807) is 12.1 Å². The number of pyridine rings is 1. The summed E-state index contributed by atoms with van der Waals surface area (Å²) in [6.45, 7) is 7.50. The number of rotatable bonds is 8. The van der Waals surface area contributed by atoms with Gasteiger partial charge in [-0.25, -0.2) is 9.97 Å². The average Bonchev–Trinajstić information content (AvgIpc) is 2.72. The molecule has 2 aromatic rings. The SMILES string of the molecule is CCOc1ccc(C(=O)NCCNc2nc(C)cc(N3CCCCC3)n2)cn1. The fourth-order valence-corrected chi connectivity index (χ4v) is 3.12. The molecule has 1 aliphatic rings. The summed E-state index contributed by atoms with van der Waals surface area (Å²) in [5.41, 5.74) is 1.44. The first kappa shape index (κ1) is 19.9. The predicted molar refractivity (Wildman–Crippen MR) is 109 cm³/mol. The van der Waals surface area contributed by atoms with E-state index in [1.807, 2.05) is 19.9 Å². The fourth-order valence-electron chi connectivity index (χ4n) is 3.12. The molecule has 150 valence electrons. The summed E-state index contributed by atoms with van der Waals surface area (Å²) in [7, 11) is 0. The summed E-state index contributed by atoms with van der Waals surface area (Å²) in [6, 6.07) is 5.42. The van der Waals surface area contributed by atoms with Gasteiger partial charge in [0.05, 0.1) is 12.2 Å². The van der Waals surface area contributed by atoms with Crippen LogP contribution in [0.4, 0.5) is 11.8 Å². The highest BCUT2D eigenvalue weighted by atomic mass is 16.5. The normalized spacial score (nSPS) is 13.9. The Morgan fingerprint density at radius 1 is 1.18 bits per heavy atom. The number of carbonyl (C=O) groups excluding carboxylic acids is 1. The Kier molecular flexibility index (Phi) is 7.00. The highest BCUT2D eigenvalue weighted by molar-refractivity contribution is 5.93. The number of carbonyl (C=O) groups is 1. The first-order valence-electron chi connectivity index (χ1n) is 9.87. The molecule has 1 aliphatic heterocycles. The Labute approximate surface area is 165 Å². The van der Waals surface area contributed by atoms with Crippen LogP contribution in [0.25, 0.3) is 0 Å². The lowest BCUT2D eigenvalue weighted by Gasteiger charge is -2.28. The zero-order valence-electron chi connectivity index (χ0n) is 16.6. The van der Waals surface area contributed by atoms with Crippen LogP contribution in [-0.4, -0.2) is 53.6 Å². The number of aromatic nitrogens is 3. The van der Waals surface area contributed by atoms with Crippen molar-refractivity contribution in [3.8, 4) is 5.88 Å². The second-order valence-electron chi connectivity index (χ2n) is 6.74. The molecule has 3 rings (SSSR count). The minimum absolute atomic E-state index is 0.170. The van der Waals surface area contributed by atoms with Crippen molar-refractivity contribution >= 4 is 17.7 Å². The number of amides is 1. The summed E-state index contributed by atoms with van der Waals surface area (Å²) in [6.07, 6.45) is 5.22. The lowest BCUT2D eigenvalue weighted by Crippen LogP contribution is -2.31. The van der Waals surface area contributed by atoms with Crippen LogP contribution in [-0.2, 0) is 0 Å². The molecule has 0 spiro atoms. The number of anilines is 2. The number of hydrogen-bond acceptors (Lipinski definition) is 7. The fraction of sp³-hybridized carbons (Fsp3) is 0.500. The van der Waals surface area contributed by atoms with Crippen LogP contribution in [0.3, 0.4) is 0 Å². The van der Waals surface area contributed by atoms with Gasteiger partial charge in [-0.15, -0.1) is 0 Å². The quantitative estimate of drug-likeness (QED) is 0.675. The molecule has 0 unspecified atom stereocenters. The van der Waals surface area contributed by atoms with Crippen LogP contribution in [0.1, 0.15) is 42.2 Å². The summed E-state index contributed by atoms with van der Waals surface area (Å²) in [4.78, 5) is 27.7. The molecule has 2 aromatic heterocycles. The van der Waals surface area contributed by atoms with Gasteiger partial charge in [0, 0.05) is 50.2 Å². The second kappa shape index (κ2) is 9.87. The van der Waals surface area contributed by atoms with E-state index in [-0.39, 0.29) is 5.91 Å². The Bertz CT molecular complexity index is 775. The zero-order chi connectivity index (χ0) is 19.8. The Morgan fingerprint density at radius 3 is 2.71 bits per heavy atom. The van der Waals surface area contributed by atoms with E-state index in [0.717, 1.165) is 24.6 Å². The number of nitrogens with one attached hydrogen (secondary N) is 2. The third-order valence-corrected chi connectivity index (χ3v) is 4.51. The van der Waals surface area contributed by atoms with Crippen LogP contribution >= 0.6 is 0 Å². The van der Waals surface area contributed by atoms with Gasteiger partial charge in [0.15, 0.2) is 0 Å². The molecule has 28 heavy (non-hydrogen) atoms. The highest BCUT2D eigenvalue weighted by Crippen LogP contribution is 2.19. The van der Waals surface area contributed by atoms with Gasteiger partial charge in [0.2, 0.25) is 11.8 Å². The molecule has 1 fully saturated rings. The number of nitrogens with zero attached hydrogens (tertiary/aromatic N) is 4. The highest BCUT2D eigenvalue weighted by Gasteiger charge is 2.14. The maximum atomic E-state index is 12.2. The van der Waals surface area contributed by atoms with Gasteiger partial charge in [0.1, 0.15) is 5.82 Å². The van der Waals surface area contributed by atoms with E-state index in [1.165, 1.54) is 25.5 Å². The van der Waals surface area contributed by atoms with E-state index >= 15 is 0 Å². The maximum absolute atomic E-state index is 12.2. The molecule has 3 heterocycles. The molecule has 8 heteroatoms. The molecule has 0 radical (unpaired) electrons. The smallest absolute Gasteiger partial charge is 0.252 e. The Morgan fingerprint density at radius 2 is 2.00 bits per heavy atom. The molecule has 0 saturated carbocycles. The summed E-state index contributed by atoms with van der Waals surface area (Å²) in [5, 5.41) is 6.06. The Hall–Kier alpha value is -2.90. The molecule has 1 amide bonds. The van der Waals surface area contributed by atoms with Gasteiger partial charge in [0.25, 0.3) is 5.91 Å². The van der Waals surface area contributed by atoms with Crippen LogP contribution in [0.2, 0.25) is 0 Å². The molecular formula is C20H28N6O2. The summed E-state index contributed by atoms with van der Waals surface area (Å²) < 4.78 is 5.28. The van der Waals surface area contributed by atoms with Crippen molar-refractivity contribution in [1.82, 2.24) is 20.3 Å². The lowest BCUT2D eigenvalue weighted by atomic mass is 10.1. The zero-order valence-corrected chi connectivity index (χ0v) is 16.6. The van der Waals surface area contributed by atoms with Crippen molar-refractivity contribution in [2.45, 2.75) is 33.1 Å². The van der Waals surface area contributed by atoms with Gasteiger partial charge < -0.3 is 20.3 Å². The van der Waals surface area contributed by atoms with Crippen LogP contribution < -0.4 is 20.3 Å². The van der Waals surface area contributed by atoms with Gasteiger partial charge in [-0.2, -0.15) is 4.98 Å². The monoisotopic (exact) mass is 384 g/mol. The maximum Gasteiger partial charge on any atom is 0.252 e. The first-order valence-corrected chi connectivity index (χ1v) is 9.87. The van der Waals surface area contributed by atoms with Crippen molar-refractivity contribution in [1.29, 1.82) is 0 Å². The van der Waals surface area contributed by atoms with E-state index in [4.69, 9.17) is 4.74 Å². The second-order valence-corrected chi connectivity index (χ2v) is 6.74. The van der Waals surface area contributed by atoms with Crippen LogP contribution in [0.15, 0.2) is 24.4 Å². The Balaban J connectivity index is 1.48. The van der Waals surface area contributed by atoms with Crippen molar-refractivity contribution in [2.75, 3.05) is 43.0 Å². The van der Waals surface area contributed by atoms with Gasteiger partial charge in [-0.05, 0) is 39.2 Å².